The molecule has 0 heterocycles. The summed E-state index contributed by atoms with van der Waals surface area (Å²) in [4.78, 5) is 0. The number of aryl methyl sites for hydroxylation is 1. The number of hydrogen-bond donors (Lipinski definition) is 0. The van der Waals surface area contributed by atoms with E-state index in [0.717, 1.165) is 0 Å². The predicted octanol–water partition coefficient (Wildman–Crippen LogP) is 6.14. The van der Waals surface area contributed by atoms with Gasteiger partial charge in [-0.15, -0.1) is 0 Å². The lowest BCUT2D eigenvalue weighted by atomic mass is 10.1. The molecule has 2 aromatic carbocycles. The van der Waals surface area contributed by atoms with Gasteiger partial charge in [0.25, 0.3) is 0 Å². The van der Waals surface area contributed by atoms with Gasteiger partial charge in [-0.1, -0.05) is 92.7 Å². The van der Waals surface area contributed by atoms with Gasteiger partial charge in [0.15, 0.2) is 0 Å². The number of rotatable bonds is 4. The molecule has 104 valence electrons. The molecule has 0 amide bonds. The quantitative estimate of drug-likeness (QED) is 0.622. The molecule has 0 aliphatic rings. The minimum atomic E-state index is 1.18. The van der Waals surface area contributed by atoms with Crippen LogP contribution >= 0.6 is 0 Å². The zero-order chi connectivity index (χ0) is 14.6. The van der Waals surface area contributed by atoms with Crippen LogP contribution in [0.15, 0.2) is 67.3 Å². The van der Waals surface area contributed by atoms with Gasteiger partial charge < -0.3 is 0 Å². The van der Waals surface area contributed by atoms with E-state index in [0.29, 0.717) is 0 Å². The fourth-order valence-electron chi connectivity index (χ4n) is 1.77. The van der Waals surface area contributed by atoms with Crippen LogP contribution in [0.2, 0.25) is 0 Å². The van der Waals surface area contributed by atoms with Crippen molar-refractivity contribution < 1.29 is 0 Å². The molecule has 0 aliphatic carbocycles. The molecule has 0 heteroatoms. The molecular weight excluding hydrogens is 240 g/mol. The first-order chi connectivity index (χ1) is 9.77. The summed E-state index contributed by atoms with van der Waals surface area (Å²) in [5.74, 6) is 0. The Morgan fingerprint density at radius 2 is 1.60 bits per heavy atom. The maximum atomic E-state index is 3.69. The van der Waals surface area contributed by atoms with Crippen LogP contribution in [0.5, 0.6) is 0 Å². The van der Waals surface area contributed by atoms with Crippen molar-refractivity contribution in [1.82, 2.24) is 0 Å². The molecule has 0 aromatic heterocycles. The SMILES string of the molecule is C=Cc1ccccc1C.CCCC=Cc1ccccc1. The molecule has 0 unspecified atom stereocenters. The Hall–Kier alpha value is -2.08. The Morgan fingerprint density at radius 3 is 2.15 bits per heavy atom. The second-order valence-corrected chi connectivity index (χ2v) is 4.66. The van der Waals surface area contributed by atoms with Gasteiger partial charge >= 0.3 is 0 Å². The summed E-state index contributed by atoms with van der Waals surface area (Å²) >= 11 is 0. The lowest BCUT2D eigenvalue weighted by Crippen LogP contribution is -1.75. The van der Waals surface area contributed by atoms with Gasteiger partial charge in [0, 0.05) is 0 Å². The molecule has 0 fully saturated rings. The summed E-state index contributed by atoms with van der Waals surface area (Å²) in [7, 11) is 0. The maximum absolute atomic E-state index is 3.69. The molecule has 0 spiro atoms. The molecule has 2 aromatic rings. The van der Waals surface area contributed by atoms with E-state index < -0.39 is 0 Å². The predicted molar refractivity (Wildman–Crippen MR) is 91.7 cm³/mol. The minimum absolute atomic E-state index is 1.18. The van der Waals surface area contributed by atoms with E-state index in [-0.39, 0.29) is 0 Å². The number of hydrogen-bond acceptors (Lipinski definition) is 0. The normalized spacial score (nSPS) is 9.90. The molecule has 0 atom stereocenters. The summed E-state index contributed by atoms with van der Waals surface area (Å²) in [6.07, 6.45) is 8.66. The highest BCUT2D eigenvalue weighted by Crippen LogP contribution is 2.06. The molecule has 0 radical (unpaired) electrons. The molecule has 0 bridgehead atoms. The van der Waals surface area contributed by atoms with Crippen molar-refractivity contribution in [2.75, 3.05) is 0 Å². The third-order valence-electron chi connectivity index (χ3n) is 2.97. The highest BCUT2D eigenvalue weighted by molar-refractivity contribution is 5.51. The van der Waals surface area contributed by atoms with Gasteiger partial charge in [0.05, 0.1) is 0 Å². The summed E-state index contributed by atoms with van der Waals surface area (Å²) in [6.45, 7) is 7.96. The topological polar surface area (TPSA) is 0 Å². The van der Waals surface area contributed by atoms with E-state index >= 15 is 0 Å². The highest BCUT2D eigenvalue weighted by atomic mass is 13.9. The summed E-state index contributed by atoms with van der Waals surface area (Å²) in [5.41, 5.74) is 3.80. The van der Waals surface area contributed by atoms with Crippen molar-refractivity contribution in [3.8, 4) is 0 Å². The first-order valence-electron chi connectivity index (χ1n) is 7.17. The van der Waals surface area contributed by atoms with Crippen LogP contribution < -0.4 is 0 Å². The maximum Gasteiger partial charge on any atom is -0.0233 e. The zero-order valence-corrected chi connectivity index (χ0v) is 12.5. The van der Waals surface area contributed by atoms with Crippen LogP contribution in [0, 0.1) is 6.92 Å². The number of unbranched alkanes of at least 4 members (excludes halogenated alkanes) is 1. The molecule has 0 saturated heterocycles. The third-order valence-corrected chi connectivity index (χ3v) is 2.97. The smallest absolute Gasteiger partial charge is 0.0233 e. The van der Waals surface area contributed by atoms with E-state index in [1.807, 2.05) is 24.3 Å². The summed E-state index contributed by atoms with van der Waals surface area (Å²) < 4.78 is 0. The van der Waals surface area contributed by atoms with Crippen LogP contribution in [0.4, 0.5) is 0 Å². The Balaban J connectivity index is 0.000000204. The van der Waals surface area contributed by atoms with Crippen LogP contribution in [0.1, 0.15) is 36.5 Å². The van der Waals surface area contributed by atoms with Gasteiger partial charge in [-0.3, -0.25) is 0 Å². The second-order valence-electron chi connectivity index (χ2n) is 4.66. The molecule has 20 heavy (non-hydrogen) atoms. The molecule has 2 rings (SSSR count). The highest BCUT2D eigenvalue weighted by Gasteiger charge is 1.86. The molecule has 0 aliphatic heterocycles. The number of allylic oxidation sites excluding steroid dienone is 1. The van der Waals surface area contributed by atoms with Crippen LogP contribution in [-0.4, -0.2) is 0 Å². The second kappa shape index (κ2) is 9.80. The first-order valence-corrected chi connectivity index (χ1v) is 7.17. The standard InChI is InChI=1S/C11H14.C9H10/c1-2-3-5-8-11-9-6-4-7-10-11;1-3-9-7-5-4-6-8(9)2/h4-10H,2-3H2,1H3;3-7H,1H2,2H3. The van der Waals surface area contributed by atoms with Crippen LogP contribution in [-0.2, 0) is 0 Å². The zero-order valence-electron chi connectivity index (χ0n) is 12.5. The monoisotopic (exact) mass is 264 g/mol. The van der Waals surface area contributed by atoms with Crippen LogP contribution in [0.25, 0.3) is 12.2 Å². The van der Waals surface area contributed by atoms with E-state index in [1.54, 1.807) is 0 Å². The summed E-state index contributed by atoms with van der Waals surface area (Å²) in [5, 5.41) is 0. The van der Waals surface area contributed by atoms with Gasteiger partial charge in [-0.05, 0) is 30.0 Å². The lowest BCUT2D eigenvalue weighted by molar-refractivity contribution is 0.962. The Morgan fingerprint density at radius 1 is 0.950 bits per heavy atom. The molecule has 0 saturated carbocycles. The molecular formula is C20H24. The van der Waals surface area contributed by atoms with Crippen LogP contribution in [0.3, 0.4) is 0 Å². The van der Waals surface area contributed by atoms with Crippen molar-refractivity contribution in [3.05, 3.63) is 83.9 Å². The van der Waals surface area contributed by atoms with E-state index in [2.05, 4.69) is 69.0 Å². The number of benzene rings is 2. The van der Waals surface area contributed by atoms with Crippen molar-refractivity contribution in [3.63, 3.8) is 0 Å². The average Bonchev–Trinajstić information content (AvgIpc) is 2.50. The average molecular weight is 264 g/mol. The van der Waals surface area contributed by atoms with E-state index in [9.17, 15) is 0 Å². The van der Waals surface area contributed by atoms with E-state index in [4.69, 9.17) is 0 Å². The molecule has 0 nitrogen and oxygen atoms in total. The van der Waals surface area contributed by atoms with Crippen molar-refractivity contribution >= 4 is 12.2 Å². The summed E-state index contributed by atoms with van der Waals surface area (Å²) in [6, 6.07) is 18.6. The Bertz CT molecular complexity index is 521. The lowest BCUT2D eigenvalue weighted by Gasteiger charge is -1.95. The largest absolute Gasteiger partial charge is 0.0985 e. The molecule has 0 N–H and O–H groups in total. The minimum Gasteiger partial charge on any atom is -0.0985 e. The van der Waals surface area contributed by atoms with Gasteiger partial charge in [-0.25, -0.2) is 0 Å². The van der Waals surface area contributed by atoms with Gasteiger partial charge in [0.1, 0.15) is 0 Å². The Labute approximate surface area is 123 Å². The fraction of sp³-hybridized carbons (Fsp3) is 0.200. The van der Waals surface area contributed by atoms with Gasteiger partial charge in [-0.2, -0.15) is 0 Å². The third kappa shape index (κ3) is 6.19. The first kappa shape index (κ1) is 16.0. The van der Waals surface area contributed by atoms with Crippen molar-refractivity contribution in [2.24, 2.45) is 0 Å². The van der Waals surface area contributed by atoms with Crippen molar-refractivity contribution in [1.29, 1.82) is 0 Å². The van der Waals surface area contributed by atoms with E-state index in [1.165, 1.54) is 29.5 Å². The van der Waals surface area contributed by atoms with Gasteiger partial charge in [0.2, 0.25) is 0 Å². The Kier molecular flexibility index (Phi) is 7.83. The van der Waals surface area contributed by atoms with Crippen molar-refractivity contribution in [2.45, 2.75) is 26.7 Å². The fourth-order valence-corrected chi connectivity index (χ4v) is 1.77.